The number of hydrogen-bond donors (Lipinski definition) is 2. The molecule has 1 unspecified atom stereocenters. The van der Waals surface area contributed by atoms with Crippen LogP contribution in [0.25, 0.3) is 0 Å². The number of rotatable bonds is 9. The number of nitrogens with one attached hydrogen (secondary N) is 2. The molecule has 3 aromatic rings. The molecule has 2 N–H and O–H groups in total. The predicted molar refractivity (Wildman–Crippen MR) is 142 cm³/mol. The zero-order valence-corrected chi connectivity index (χ0v) is 21.7. The van der Waals surface area contributed by atoms with Crippen molar-refractivity contribution in [2.75, 3.05) is 6.79 Å². The van der Waals surface area contributed by atoms with Gasteiger partial charge in [-0.2, -0.15) is 5.10 Å². The van der Waals surface area contributed by atoms with E-state index in [1.54, 1.807) is 42.5 Å². The lowest BCUT2D eigenvalue weighted by molar-refractivity contribution is -0.123. The van der Waals surface area contributed by atoms with Gasteiger partial charge in [0.15, 0.2) is 11.5 Å². The fourth-order valence-corrected chi connectivity index (χ4v) is 3.93. The molecule has 0 aliphatic carbocycles. The molecule has 8 nitrogen and oxygen atoms in total. The molecule has 0 radical (unpaired) electrons. The quantitative estimate of drug-likeness (QED) is 0.286. The van der Waals surface area contributed by atoms with Crippen LogP contribution in [0.3, 0.4) is 0 Å². The molecular weight excluding hydrogens is 517 g/mol. The summed E-state index contributed by atoms with van der Waals surface area (Å²) >= 11 is 12.4. The van der Waals surface area contributed by atoms with Crippen molar-refractivity contribution in [1.29, 1.82) is 0 Å². The smallest absolute Gasteiger partial charge is 0.262 e. The van der Waals surface area contributed by atoms with E-state index in [-0.39, 0.29) is 19.3 Å². The van der Waals surface area contributed by atoms with E-state index in [0.717, 1.165) is 5.56 Å². The maximum Gasteiger partial charge on any atom is 0.262 e. The van der Waals surface area contributed by atoms with Crippen LogP contribution in [0.5, 0.6) is 17.2 Å². The molecule has 10 heteroatoms. The third-order valence-corrected chi connectivity index (χ3v) is 6.17. The van der Waals surface area contributed by atoms with Gasteiger partial charge in [0.25, 0.3) is 11.8 Å². The summed E-state index contributed by atoms with van der Waals surface area (Å²) in [5.74, 6) is 0.479. The van der Waals surface area contributed by atoms with Gasteiger partial charge in [-0.1, -0.05) is 55.2 Å². The predicted octanol–water partition coefficient (Wildman–Crippen LogP) is 5.21. The Morgan fingerprint density at radius 2 is 1.84 bits per heavy atom. The van der Waals surface area contributed by atoms with Gasteiger partial charge in [-0.3, -0.25) is 9.59 Å². The second kappa shape index (κ2) is 12.0. The summed E-state index contributed by atoms with van der Waals surface area (Å²) in [7, 11) is 0. The van der Waals surface area contributed by atoms with Crippen molar-refractivity contribution in [3.63, 3.8) is 0 Å². The molecule has 4 rings (SSSR count). The van der Waals surface area contributed by atoms with Crippen LogP contribution in [0.4, 0.5) is 0 Å². The summed E-state index contributed by atoms with van der Waals surface area (Å²) in [6, 6.07) is 16.5. The standard InChI is InChI=1S/C27H25Cl2N3O5/c1-16(2)25(31-26(33)17-7-9-23-24(12-17)37-15-36-23)27(34)32-30-13-19-11-20(28)8-10-22(19)35-14-18-5-3-4-6-21(18)29/h3-13,16,25H,14-15H2,1-2H3,(H,31,33)(H,32,34). The van der Waals surface area contributed by atoms with E-state index < -0.39 is 17.9 Å². The van der Waals surface area contributed by atoms with Gasteiger partial charge in [0, 0.05) is 26.7 Å². The third-order valence-electron chi connectivity index (χ3n) is 5.56. The Kier molecular flexibility index (Phi) is 8.53. The van der Waals surface area contributed by atoms with Gasteiger partial charge in [-0.15, -0.1) is 0 Å². The molecule has 0 bridgehead atoms. The van der Waals surface area contributed by atoms with E-state index in [2.05, 4.69) is 15.8 Å². The lowest BCUT2D eigenvalue weighted by atomic mass is 10.0. The minimum atomic E-state index is -0.828. The SMILES string of the molecule is CC(C)C(NC(=O)c1ccc2c(c1)OCO2)C(=O)NN=Cc1cc(Cl)ccc1OCc1ccccc1Cl. The van der Waals surface area contributed by atoms with Gasteiger partial charge in [0.1, 0.15) is 18.4 Å². The van der Waals surface area contributed by atoms with Crippen LogP contribution in [0.15, 0.2) is 65.8 Å². The first kappa shape index (κ1) is 26.3. The first-order chi connectivity index (χ1) is 17.8. The number of hydrogen-bond acceptors (Lipinski definition) is 6. The van der Waals surface area contributed by atoms with Gasteiger partial charge in [-0.05, 0) is 48.4 Å². The molecule has 2 amide bonds. The third kappa shape index (κ3) is 6.72. The topological polar surface area (TPSA) is 98.2 Å². The summed E-state index contributed by atoms with van der Waals surface area (Å²) in [5, 5.41) is 7.91. The molecular formula is C27H25Cl2N3O5. The number of carbonyl (C=O) groups excluding carboxylic acids is 2. The number of benzene rings is 3. The van der Waals surface area contributed by atoms with Crippen molar-refractivity contribution < 1.29 is 23.8 Å². The van der Waals surface area contributed by atoms with Crippen molar-refractivity contribution in [3.8, 4) is 17.2 Å². The summed E-state index contributed by atoms with van der Waals surface area (Å²) < 4.78 is 16.5. The van der Waals surface area contributed by atoms with Crippen LogP contribution in [-0.2, 0) is 11.4 Å². The number of halogens is 2. The Labute approximate surface area is 224 Å². The summed E-state index contributed by atoms with van der Waals surface area (Å²) in [4.78, 5) is 25.7. The van der Waals surface area contributed by atoms with Crippen LogP contribution < -0.4 is 25.0 Å². The minimum absolute atomic E-state index is 0.106. The maximum absolute atomic E-state index is 12.9. The van der Waals surface area contributed by atoms with Gasteiger partial charge >= 0.3 is 0 Å². The highest BCUT2D eigenvalue weighted by atomic mass is 35.5. The Hall–Kier alpha value is -3.75. The molecule has 0 saturated heterocycles. The molecule has 1 aliphatic heterocycles. The van der Waals surface area contributed by atoms with E-state index in [9.17, 15) is 9.59 Å². The van der Waals surface area contributed by atoms with Gasteiger partial charge in [-0.25, -0.2) is 5.43 Å². The van der Waals surface area contributed by atoms with Crippen molar-refractivity contribution in [2.45, 2.75) is 26.5 Å². The summed E-state index contributed by atoms with van der Waals surface area (Å²) in [6.07, 6.45) is 1.43. The Morgan fingerprint density at radius 1 is 1.05 bits per heavy atom. The Morgan fingerprint density at radius 3 is 2.62 bits per heavy atom. The van der Waals surface area contributed by atoms with Gasteiger partial charge in [0.2, 0.25) is 6.79 Å². The van der Waals surface area contributed by atoms with Gasteiger partial charge in [0.05, 0.1) is 6.21 Å². The van der Waals surface area contributed by atoms with Gasteiger partial charge < -0.3 is 19.5 Å². The lowest BCUT2D eigenvalue weighted by Crippen LogP contribution is -2.48. The molecule has 0 fully saturated rings. The van der Waals surface area contributed by atoms with Crippen molar-refractivity contribution in [3.05, 3.63) is 87.4 Å². The molecule has 37 heavy (non-hydrogen) atoms. The number of carbonyl (C=O) groups is 2. The number of hydrazone groups is 1. The molecule has 0 aromatic heterocycles. The highest BCUT2D eigenvalue weighted by molar-refractivity contribution is 6.31. The van der Waals surface area contributed by atoms with Crippen LogP contribution >= 0.6 is 23.2 Å². The average Bonchev–Trinajstić information content (AvgIpc) is 3.35. The zero-order valence-electron chi connectivity index (χ0n) is 20.2. The highest BCUT2D eigenvalue weighted by Crippen LogP contribution is 2.32. The first-order valence-corrected chi connectivity index (χ1v) is 12.3. The molecule has 192 valence electrons. The van der Waals surface area contributed by atoms with E-state index in [4.69, 9.17) is 37.4 Å². The molecule has 1 atom stereocenters. The van der Waals surface area contributed by atoms with Crippen LogP contribution in [0, 0.1) is 5.92 Å². The minimum Gasteiger partial charge on any atom is -0.488 e. The highest BCUT2D eigenvalue weighted by Gasteiger charge is 2.25. The molecule has 1 heterocycles. The average molecular weight is 542 g/mol. The summed E-state index contributed by atoms with van der Waals surface area (Å²) in [6.45, 7) is 4.00. The van der Waals surface area contributed by atoms with Crippen molar-refractivity contribution in [2.24, 2.45) is 11.0 Å². The second-order valence-electron chi connectivity index (χ2n) is 8.56. The second-order valence-corrected chi connectivity index (χ2v) is 9.40. The van der Waals surface area contributed by atoms with Crippen LogP contribution in [-0.4, -0.2) is 30.9 Å². The van der Waals surface area contributed by atoms with Crippen LogP contribution in [0.1, 0.15) is 35.3 Å². The number of nitrogens with zero attached hydrogens (tertiary/aromatic N) is 1. The summed E-state index contributed by atoms with van der Waals surface area (Å²) in [5.41, 5.74) is 4.23. The number of fused-ring (bicyclic) bond motifs is 1. The molecule has 3 aromatic carbocycles. The monoisotopic (exact) mass is 541 g/mol. The molecule has 0 saturated carbocycles. The fourth-order valence-electron chi connectivity index (χ4n) is 3.55. The van der Waals surface area contributed by atoms with Crippen molar-refractivity contribution >= 4 is 41.2 Å². The first-order valence-electron chi connectivity index (χ1n) is 11.5. The maximum atomic E-state index is 12.9. The van der Waals surface area contributed by atoms with Crippen LogP contribution in [0.2, 0.25) is 10.0 Å². The van der Waals surface area contributed by atoms with E-state index in [0.29, 0.717) is 38.4 Å². The Bertz CT molecular complexity index is 1330. The molecule has 0 spiro atoms. The number of amides is 2. The van der Waals surface area contributed by atoms with Crippen molar-refractivity contribution in [1.82, 2.24) is 10.7 Å². The zero-order chi connectivity index (χ0) is 26.4. The molecule has 1 aliphatic rings. The van der Waals surface area contributed by atoms with E-state index >= 15 is 0 Å². The Balaban J connectivity index is 1.41. The van der Waals surface area contributed by atoms with E-state index in [1.165, 1.54) is 6.21 Å². The van der Waals surface area contributed by atoms with E-state index in [1.807, 2.05) is 32.0 Å². The normalized spacial score (nSPS) is 13.0. The fraction of sp³-hybridized carbons (Fsp3) is 0.222. The lowest BCUT2D eigenvalue weighted by Gasteiger charge is -2.20. The largest absolute Gasteiger partial charge is 0.488 e. The number of ether oxygens (including phenoxy) is 3.